The maximum Gasteiger partial charge on any atom is 0.107 e. The first-order chi connectivity index (χ1) is 6.75. The van der Waals surface area contributed by atoms with Crippen LogP contribution in [0.1, 0.15) is 26.7 Å². The molecule has 2 aliphatic heterocycles. The molecule has 2 atom stereocenters. The van der Waals surface area contributed by atoms with Crippen molar-refractivity contribution in [1.29, 1.82) is 0 Å². The monoisotopic (exact) mass is 199 g/mol. The zero-order valence-corrected chi connectivity index (χ0v) is 9.21. The molecular weight excluding hydrogens is 178 g/mol. The van der Waals surface area contributed by atoms with Crippen LogP contribution in [0.25, 0.3) is 0 Å². The second-order valence-corrected chi connectivity index (χ2v) is 4.75. The van der Waals surface area contributed by atoms with E-state index in [1.165, 1.54) is 0 Å². The van der Waals surface area contributed by atoms with E-state index in [2.05, 4.69) is 19.2 Å². The standard InChI is InChI=1S/C11H21NO2/c1-9(2)10-11(14-7-5-12-10)4-3-6-13-8-11/h9-10,12H,3-8H2,1-2H3. The summed E-state index contributed by atoms with van der Waals surface area (Å²) in [5.74, 6) is 0.608. The van der Waals surface area contributed by atoms with Crippen LogP contribution < -0.4 is 5.32 Å². The van der Waals surface area contributed by atoms with Crippen molar-refractivity contribution in [2.24, 2.45) is 5.92 Å². The van der Waals surface area contributed by atoms with E-state index in [-0.39, 0.29) is 5.60 Å². The van der Waals surface area contributed by atoms with Crippen LogP contribution in [0.4, 0.5) is 0 Å². The van der Waals surface area contributed by atoms with Crippen LogP contribution in [0.15, 0.2) is 0 Å². The Morgan fingerprint density at radius 3 is 2.86 bits per heavy atom. The van der Waals surface area contributed by atoms with Gasteiger partial charge in [0.1, 0.15) is 5.60 Å². The molecule has 0 aromatic heterocycles. The maximum atomic E-state index is 5.99. The third-order valence-corrected chi connectivity index (χ3v) is 3.32. The van der Waals surface area contributed by atoms with Crippen molar-refractivity contribution < 1.29 is 9.47 Å². The van der Waals surface area contributed by atoms with Crippen LogP contribution in [0.3, 0.4) is 0 Å². The molecule has 2 unspecified atom stereocenters. The highest BCUT2D eigenvalue weighted by atomic mass is 16.5. The lowest BCUT2D eigenvalue weighted by Crippen LogP contribution is -2.63. The Labute approximate surface area is 86.2 Å². The van der Waals surface area contributed by atoms with Crippen LogP contribution >= 0.6 is 0 Å². The van der Waals surface area contributed by atoms with Crippen molar-refractivity contribution in [3.8, 4) is 0 Å². The van der Waals surface area contributed by atoms with Gasteiger partial charge in [-0.25, -0.2) is 0 Å². The fourth-order valence-electron chi connectivity index (χ4n) is 2.74. The summed E-state index contributed by atoms with van der Waals surface area (Å²) < 4.78 is 11.6. The fraction of sp³-hybridized carbons (Fsp3) is 1.00. The van der Waals surface area contributed by atoms with Crippen LogP contribution in [0.5, 0.6) is 0 Å². The van der Waals surface area contributed by atoms with Gasteiger partial charge in [0.2, 0.25) is 0 Å². The average Bonchev–Trinajstić information content (AvgIpc) is 2.19. The fourth-order valence-corrected chi connectivity index (χ4v) is 2.74. The smallest absolute Gasteiger partial charge is 0.107 e. The predicted molar refractivity (Wildman–Crippen MR) is 55.4 cm³/mol. The lowest BCUT2D eigenvalue weighted by atomic mass is 9.81. The van der Waals surface area contributed by atoms with Gasteiger partial charge in [-0.2, -0.15) is 0 Å². The van der Waals surface area contributed by atoms with E-state index in [1.54, 1.807) is 0 Å². The highest BCUT2D eigenvalue weighted by molar-refractivity contribution is 4.98. The molecule has 1 spiro atoms. The van der Waals surface area contributed by atoms with Gasteiger partial charge in [-0.3, -0.25) is 0 Å². The summed E-state index contributed by atoms with van der Waals surface area (Å²) in [6.45, 7) is 7.97. The molecule has 0 aromatic rings. The Morgan fingerprint density at radius 2 is 2.21 bits per heavy atom. The van der Waals surface area contributed by atoms with Crippen molar-refractivity contribution in [3.05, 3.63) is 0 Å². The Bertz CT molecular complexity index is 179. The number of nitrogens with one attached hydrogen (secondary N) is 1. The molecule has 0 aliphatic carbocycles. The van der Waals surface area contributed by atoms with Crippen LogP contribution in [-0.4, -0.2) is 38.0 Å². The molecule has 0 radical (unpaired) electrons. The minimum absolute atomic E-state index is 0.0370. The third-order valence-electron chi connectivity index (χ3n) is 3.32. The molecule has 1 N–H and O–H groups in total. The zero-order valence-electron chi connectivity index (χ0n) is 9.21. The second-order valence-electron chi connectivity index (χ2n) is 4.75. The molecule has 0 saturated carbocycles. The zero-order chi connectivity index (χ0) is 10.0. The van der Waals surface area contributed by atoms with Crippen molar-refractivity contribution in [2.75, 3.05) is 26.4 Å². The van der Waals surface area contributed by atoms with E-state index in [1.807, 2.05) is 0 Å². The van der Waals surface area contributed by atoms with Crippen molar-refractivity contribution >= 4 is 0 Å². The van der Waals surface area contributed by atoms with Crippen LogP contribution in [0.2, 0.25) is 0 Å². The summed E-state index contributed by atoms with van der Waals surface area (Å²) in [7, 11) is 0. The Morgan fingerprint density at radius 1 is 1.36 bits per heavy atom. The van der Waals surface area contributed by atoms with Gasteiger partial charge in [0.25, 0.3) is 0 Å². The quantitative estimate of drug-likeness (QED) is 0.688. The van der Waals surface area contributed by atoms with Gasteiger partial charge in [-0.15, -0.1) is 0 Å². The molecular formula is C11H21NO2. The van der Waals surface area contributed by atoms with Gasteiger partial charge in [-0.05, 0) is 18.8 Å². The van der Waals surface area contributed by atoms with Gasteiger partial charge >= 0.3 is 0 Å². The van der Waals surface area contributed by atoms with Gasteiger partial charge in [0.05, 0.1) is 13.2 Å². The summed E-state index contributed by atoms with van der Waals surface area (Å²) in [5.41, 5.74) is -0.0370. The number of hydrogen-bond acceptors (Lipinski definition) is 3. The van der Waals surface area contributed by atoms with Gasteiger partial charge in [-0.1, -0.05) is 13.8 Å². The SMILES string of the molecule is CC(C)C1NCCOC12CCCOC2. The summed E-state index contributed by atoms with van der Waals surface area (Å²) >= 11 is 0. The molecule has 3 nitrogen and oxygen atoms in total. The number of morpholine rings is 1. The molecule has 14 heavy (non-hydrogen) atoms. The highest BCUT2D eigenvalue weighted by Crippen LogP contribution is 2.32. The minimum Gasteiger partial charge on any atom is -0.378 e. The Kier molecular flexibility index (Phi) is 3.10. The lowest BCUT2D eigenvalue weighted by molar-refractivity contribution is -0.170. The molecule has 2 saturated heterocycles. The predicted octanol–water partition coefficient (Wildman–Crippen LogP) is 1.18. The summed E-state index contributed by atoms with van der Waals surface area (Å²) in [4.78, 5) is 0. The van der Waals surface area contributed by atoms with Crippen LogP contribution in [0, 0.1) is 5.92 Å². The minimum atomic E-state index is -0.0370. The van der Waals surface area contributed by atoms with Crippen LogP contribution in [-0.2, 0) is 9.47 Å². The van der Waals surface area contributed by atoms with E-state index in [4.69, 9.17) is 9.47 Å². The lowest BCUT2D eigenvalue weighted by Gasteiger charge is -2.48. The van der Waals surface area contributed by atoms with Crippen molar-refractivity contribution in [1.82, 2.24) is 5.32 Å². The molecule has 3 heteroatoms. The Hall–Kier alpha value is -0.120. The maximum absolute atomic E-state index is 5.99. The van der Waals surface area contributed by atoms with E-state index >= 15 is 0 Å². The molecule has 82 valence electrons. The van der Waals surface area contributed by atoms with E-state index in [0.717, 1.165) is 39.2 Å². The first-order valence-electron chi connectivity index (χ1n) is 5.70. The van der Waals surface area contributed by atoms with Crippen molar-refractivity contribution in [3.63, 3.8) is 0 Å². The van der Waals surface area contributed by atoms with E-state index < -0.39 is 0 Å². The van der Waals surface area contributed by atoms with Gasteiger partial charge in [0, 0.05) is 19.2 Å². The number of hydrogen-bond donors (Lipinski definition) is 1. The highest BCUT2D eigenvalue weighted by Gasteiger charge is 2.44. The van der Waals surface area contributed by atoms with Crippen molar-refractivity contribution in [2.45, 2.75) is 38.3 Å². The average molecular weight is 199 g/mol. The first-order valence-corrected chi connectivity index (χ1v) is 5.70. The Balaban J connectivity index is 2.10. The molecule has 2 aliphatic rings. The topological polar surface area (TPSA) is 30.5 Å². The largest absolute Gasteiger partial charge is 0.378 e. The molecule has 2 rings (SSSR count). The summed E-state index contributed by atoms with van der Waals surface area (Å²) in [6, 6.07) is 0.455. The van der Waals surface area contributed by atoms with Gasteiger partial charge in [0.15, 0.2) is 0 Å². The molecule has 0 bridgehead atoms. The molecule has 0 amide bonds. The molecule has 0 aromatic carbocycles. The number of ether oxygens (including phenoxy) is 2. The summed E-state index contributed by atoms with van der Waals surface area (Å²) in [5, 5.41) is 3.57. The second kappa shape index (κ2) is 4.17. The number of rotatable bonds is 1. The first kappa shape index (κ1) is 10.4. The van der Waals surface area contributed by atoms with E-state index in [9.17, 15) is 0 Å². The third kappa shape index (κ3) is 1.81. The molecule has 2 heterocycles. The molecule has 2 fully saturated rings. The summed E-state index contributed by atoms with van der Waals surface area (Å²) in [6.07, 6.45) is 2.27. The normalized spacial score (nSPS) is 39.2. The van der Waals surface area contributed by atoms with Gasteiger partial charge < -0.3 is 14.8 Å². The van der Waals surface area contributed by atoms with E-state index in [0.29, 0.717) is 12.0 Å².